The molecule has 0 bridgehead atoms. The Morgan fingerprint density at radius 3 is 2.38 bits per heavy atom. The summed E-state index contributed by atoms with van der Waals surface area (Å²) in [6.07, 6.45) is 0.501. The molecule has 0 atom stereocenters. The monoisotopic (exact) mass is 186 g/mol. The smallest absolute Gasteiger partial charge is 0.207 e. The van der Waals surface area contributed by atoms with Gasteiger partial charge in [0.25, 0.3) is 5.92 Å². The second kappa shape index (κ2) is 3.24. The van der Waals surface area contributed by atoms with E-state index in [2.05, 4.69) is 6.58 Å². The first kappa shape index (κ1) is 9.84. The Morgan fingerprint density at radius 2 is 1.92 bits per heavy atom. The van der Waals surface area contributed by atoms with Crippen molar-refractivity contribution in [3.05, 3.63) is 47.8 Å². The van der Waals surface area contributed by atoms with E-state index in [1.807, 2.05) is 0 Å². The first-order chi connectivity index (χ1) is 5.95. The molecular weight excluding hydrogens is 177 g/mol. The van der Waals surface area contributed by atoms with Gasteiger partial charge in [-0.15, -0.1) is 0 Å². The van der Waals surface area contributed by atoms with Gasteiger partial charge in [0.1, 0.15) is 5.82 Å². The molecule has 13 heavy (non-hydrogen) atoms. The molecule has 3 heteroatoms. The molecule has 0 heterocycles. The van der Waals surface area contributed by atoms with Crippen molar-refractivity contribution in [2.75, 3.05) is 0 Å². The Kier molecular flexibility index (Phi) is 2.45. The highest BCUT2D eigenvalue weighted by Crippen LogP contribution is 2.29. The molecule has 0 aliphatic heterocycles. The van der Waals surface area contributed by atoms with Crippen LogP contribution in [0.1, 0.15) is 11.1 Å². The fourth-order valence-electron chi connectivity index (χ4n) is 1.05. The minimum atomic E-state index is -3.16. The lowest BCUT2D eigenvalue weighted by molar-refractivity contribution is 0.0521. The average molecular weight is 186 g/mol. The third-order valence-electron chi connectivity index (χ3n) is 1.68. The molecule has 70 valence electrons. The number of allylic oxidation sites excluding steroid dienone is 1. The Bertz CT molecular complexity index is 309. The molecule has 1 aromatic carbocycles. The minimum absolute atomic E-state index is 0.361. The molecule has 0 saturated carbocycles. The predicted molar refractivity (Wildman–Crippen MR) is 45.2 cm³/mol. The summed E-state index contributed by atoms with van der Waals surface area (Å²) in [5.74, 6) is -3.82. The molecule has 0 unspecified atom stereocenters. The zero-order chi connectivity index (χ0) is 10.1. The Morgan fingerprint density at radius 1 is 1.31 bits per heavy atom. The van der Waals surface area contributed by atoms with Crippen molar-refractivity contribution >= 4 is 0 Å². The lowest BCUT2D eigenvalue weighted by Gasteiger charge is -2.12. The first-order valence-electron chi connectivity index (χ1n) is 3.75. The lowest BCUT2D eigenvalue weighted by Crippen LogP contribution is -2.09. The van der Waals surface area contributed by atoms with Crippen molar-refractivity contribution in [2.24, 2.45) is 0 Å². The van der Waals surface area contributed by atoms with Gasteiger partial charge in [0, 0.05) is 5.56 Å². The zero-order valence-electron chi connectivity index (χ0n) is 7.15. The summed E-state index contributed by atoms with van der Waals surface area (Å²) in [5, 5.41) is 0. The maximum absolute atomic E-state index is 13.0. The van der Waals surface area contributed by atoms with Crippen LogP contribution in [0.4, 0.5) is 13.2 Å². The van der Waals surface area contributed by atoms with E-state index in [1.54, 1.807) is 6.92 Å². The van der Waals surface area contributed by atoms with Crippen LogP contribution in [-0.4, -0.2) is 0 Å². The lowest BCUT2D eigenvalue weighted by atomic mass is 10.1. The number of alkyl halides is 2. The van der Waals surface area contributed by atoms with Gasteiger partial charge in [0.15, 0.2) is 0 Å². The Balaban J connectivity index is 3.22. The van der Waals surface area contributed by atoms with Crippen LogP contribution >= 0.6 is 0 Å². The van der Waals surface area contributed by atoms with Crippen molar-refractivity contribution in [3.8, 4) is 0 Å². The predicted octanol–water partition coefficient (Wildman–Crippen LogP) is 3.41. The molecule has 0 radical (unpaired) electrons. The second-order valence-electron chi connectivity index (χ2n) is 2.84. The maximum Gasteiger partial charge on any atom is 0.291 e. The Hall–Kier alpha value is -1.25. The zero-order valence-corrected chi connectivity index (χ0v) is 7.15. The quantitative estimate of drug-likeness (QED) is 0.621. The van der Waals surface area contributed by atoms with E-state index in [-0.39, 0.29) is 5.56 Å². The van der Waals surface area contributed by atoms with Crippen molar-refractivity contribution in [2.45, 2.75) is 12.8 Å². The number of aryl methyl sites for hydroxylation is 1. The molecule has 0 aliphatic carbocycles. The van der Waals surface area contributed by atoms with Gasteiger partial charge in [-0.2, -0.15) is 8.78 Å². The third kappa shape index (κ3) is 2.11. The van der Waals surface area contributed by atoms with Crippen LogP contribution in [0.2, 0.25) is 0 Å². The number of benzene rings is 1. The van der Waals surface area contributed by atoms with Crippen LogP contribution in [0.5, 0.6) is 0 Å². The number of hydrogen-bond acceptors (Lipinski definition) is 0. The number of rotatable bonds is 2. The molecule has 0 aromatic heterocycles. The van der Waals surface area contributed by atoms with Gasteiger partial charge in [0.2, 0.25) is 0 Å². The molecule has 1 aromatic rings. The van der Waals surface area contributed by atoms with Crippen molar-refractivity contribution in [1.82, 2.24) is 0 Å². The van der Waals surface area contributed by atoms with Crippen LogP contribution in [-0.2, 0) is 5.92 Å². The summed E-state index contributed by atoms with van der Waals surface area (Å²) < 4.78 is 38.6. The summed E-state index contributed by atoms with van der Waals surface area (Å²) in [4.78, 5) is 0. The van der Waals surface area contributed by atoms with Gasteiger partial charge < -0.3 is 0 Å². The van der Waals surface area contributed by atoms with Crippen molar-refractivity contribution in [1.29, 1.82) is 0 Å². The van der Waals surface area contributed by atoms with Crippen LogP contribution in [0.25, 0.3) is 0 Å². The molecule has 0 saturated heterocycles. The van der Waals surface area contributed by atoms with E-state index < -0.39 is 11.7 Å². The van der Waals surface area contributed by atoms with E-state index in [0.717, 1.165) is 6.07 Å². The minimum Gasteiger partial charge on any atom is -0.207 e. The molecule has 0 nitrogen and oxygen atoms in total. The van der Waals surface area contributed by atoms with Gasteiger partial charge >= 0.3 is 0 Å². The van der Waals surface area contributed by atoms with E-state index in [9.17, 15) is 13.2 Å². The average Bonchev–Trinajstić information content (AvgIpc) is 2.02. The van der Waals surface area contributed by atoms with E-state index in [4.69, 9.17) is 0 Å². The molecule has 0 aliphatic rings. The highest BCUT2D eigenvalue weighted by Gasteiger charge is 2.27. The maximum atomic E-state index is 13.0. The third-order valence-corrected chi connectivity index (χ3v) is 1.68. The van der Waals surface area contributed by atoms with Gasteiger partial charge in [-0.1, -0.05) is 6.58 Å². The number of halogens is 3. The van der Waals surface area contributed by atoms with Crippen molar-refractivity contribution in [3.63, 3.8) is 0 Å². The molecule has 0 spiro atoms. The molecule has 0 N–H and O–H groups in total. The van der Waals surface area contributed by atoms with Gasteiger partial charge in [-0.3, -0.25) is 0 Å². The number of hydrogen-bond donors (Lipinski definition) is 0. The van der Waals surface area contributed by atoms with E-state index >= 15 is 0 Å². The summed E-state index contributed by atoms with van der Waals surface area (Å²) >= 11 is 0. The normalized spacial score (nSPS) is 11.4. The van der Waals surface area contributed by atoms with Gasteiger partial charge in [0.05, 0.1) is 0 Å². The van der Waals surface area contributed by atoms with Crippen LogP contribution < -0.4 is 0 Å². The summed E-state index contributed by atoms with van der Waals surface area (Å²) in [6.45, 7) is 4.56. The molecule has 1 rings (SSSR count). The topological polar surface area (TPSA) is 0 Å². The van der Waals surface area contributed by atoms with E-state index in [1.165, 1.54) is 12.1 Å². The fourth-order valence-corrected chi connectivity index (χ4v) is 1.05. The Labute approximate surface area is 74.7 Å². The summed E-state index contributed by atoms with van der Waals surface area (Å²) in [7, 11) is 0. The standard InChI is InChI=1S/C10H9F3/c1-3-10(12,13)8-4-7(2)5-9(11)6-8/h3-6H,1H2,2H3. The highest BCUT2D eigenvalue weighted by atomic mass is 19.3. The highest BCUT2D eigenvalue weighted by molar-refractivity contribution is 5.29. The molecule has 0 amide bonds. The van der Waals surface area contributed by atoms with Crippen LogP contribution in [0.3, 0.4) is 0 Å². The van der Waals surface area contributed by atoms with Crippen LogP contribution in [0.15, 0.2) is 30.9 Å². The largest absolute Gasteiger partial charge is 0.291 e. The second-order valence-corrected chi connectivity index (χ2v) is 2.84. The SMILES string of the molecule is C=CC(F)(F)c1cc(C)cc(F)c1. The molecule has 0 fully saturated rings. The van der Waals surface area contributed by atoms with E-state index in [0.29, 0.717) is 11.6 Å². The molecular formula is C10H9F3. The van der Waals surface area contributed by atoms with Crippen LogP contribution in [0, 0.1) is 12.7 Å². The fraction of sp³-hybridized carbons (Fsp3) is 0.200. The summed E-state index contributed by atoms with van der Waals surface area (Å²) in [6, 6.07) is 3.25. The van der Waals surface area contributed by atoms with Crippen molar-refractivity contribution < 1.29 is 13.2 Å². The van der Waals surface area contributed by atoms with Gasteiger partial charge in [-0.05, 0) is 36.8 Å². The summed E-state index contributed by atoms with van der Waals surface area (Å²) in [5.41, 5.74) is 0.108. The first-order valence-corrected chi connectivity index (χ1v) is 3.75. The van der Waals surface area contributed by atoms with Gasteiger partial charge in [-0.25, -0.2) is 4.39 Å².